The van der Waals surface area contributed by atoms with Gasteiger partial charge in [0.25, 0.3) is 5.91 Å². The number of nitrogens with one attached hydrogen (secondary N) is 1. The van der Waals surface area contributed by atoms with Crippen molar-refractivity contribution in [2.75, 3.05) is 0 Å². The molecule has 23 heavy (non-hydrogen) atoms. The summed E-state index contributed by atoms with van der Waals surface area (Å²) in [5.74, 6) is -0.276. The zero-order chi connectivity index (χ0) is 16.4. The van der Waals surface area contributed by atoms with Crippen LogP contribution in [0.5, 0.6) is 5.75 Å². The molecule has 3 rings (SSSR count). The van der Waals surface area contributed by atoms with E-state index in [1.54, 1.807) is 24.3 Å². The lowest BCUT2D eigenvalue weighted by Crippen LogP contribution is -2.16. The number of fused-ring (bicyclic) bond motifs is 1. The Bertz CT molecular complexity index is 918. The van der Waals surface area contributed by atoms with Crippen LogP contribution in [0.15, 0.2) is 47.6 Å². The number of aromatic hydroxyl groups is 1. The predicted molar refractivity (Wildman–Crippen MR) is 94.7 cm³/mol. The molecule has 0 aliphatic rings. The van der Waals surface area contributed by atoms with Crippen LogP contribution in [-0.2, 0) is 0 Å². The number of carbonyl (C=O) groups is 1. The Morgan fingerprint density at radius 2 is 2.09 bits per heavy atom. The van der Waals surface area contributed by atoms with Crippen LogP contribution in [0, 0.1) is 6.92 Å². The minimum absolute atomic E-state index is 0.0980. The minimum Gasteiger partial charge on any atom is -0.507 e. The van der Waals surface area contributed by atoms with Gasteiger partial charge in [-0.15, -0.1) is 11.3 Å². The van der Waals surface area contributed by atoms with Gasteiger partial charge < -0.3 is 5.11 Å². The van der Waals surface area contributed by atoms with Crippen LogP contribution >= 0.6 is 22.9 Å². The molecule has 4 nitrogen and oxygen atoms in total. The number of hydrazone groups is 1. The van der Waals surface area contributed by atoms with Gasteiger partial charge in [0.15, 0.2) is 0 Å². The molecule has 116 valence electrons. The number of thiophene rings is 1. The smallest absolute Gasteiger partial charge is 0.283 e. The van der Waals surface area contributed by atoms with E-state index in [1.165, 1.54) is 17.6 Å². The fourth-order valence-corrected chi connectivity index (χ4v) is 3.63. The molecule has 0 spiro atoms. The summed E-state index contributed by atoms with van der Waals surface area (Å²) < 4.78 is 0.963. The van der Waals surface area contributed by atoms with Crippen LogP contribution < -0.4 is 5.43 Å². The Hall–Kier alpha value is -2.37. The lowest BCUT2D eigenvalue weighted by molar-refractivity contribution is 0.0959. The monoisotopic (exact) mass is 344 g/mol. The van der Waals surface area contributed by atoms with E-state index in [0.717, 1.165) is 15.6 Å². The molecular formula is C17H13ClN2O2S. The highest BCUT2D eigenvalue weighted by Gasteiger charge is 2.16. The number of aryl methyl sites for hydroxylation is 1. The van der Waals surface area contributed by atoms with Crippen LogP contribution in [-0.4, -0.2) is 17.2 Å². The average Bonchev–Trinajstić information content (AvgIpc) is 2.85. The fraction of sp³-hybridized carbons (Fsp3) is 0.0588. The first kappa shape index (κ1) is 15.5. The highest BCUT2D eigenvalue weighted by molar-refractivity contribution is 7.21. The standard InChI is InChI=1S/C17H13ClN2O2S/c1-10-6-7-12-14(8-10)23-16(15(12)18)17(22)20-19-9-11-4-2-3-5-13(11)21/h2-9,21H,1H3,(H,20,22). The van der Waals surface area contributed by atoms with E-state index in [-0.39, 0.29) is 11.7 Å². The molecule has 1 aromatic heterocycles. The first-order valence-electron chi connectivity index (χ1n) is 6.86. The van der Waals surface area contributed by atoms with Gasteiger partial charge >= 0.3 is 0 Å². The number of hydrogen-bond acceptors (Lipinski definition) is 4. The number of amides is 1. The first-order valence-corrected chi connectivity index (χ1v) is 8.06. The van der Waals surface area contributed by atoms with Crippen LogP contribution in [0.1, 0.15) is 20.8 Å². The quantitative estimate of drug-likeness (QED) is 0.548. The number of nitrogens with zero attached hydrogens (tertiary/aromatic N) is 1. The summed E-state index contributed by atoms with van der Waals surface area (Å²) in [4.78, 5) is 12.7. The van der Waals surface area contributed by atoms with Gasteiger partial charge in [-0.2, -0.15) is 5.10 Å². The summed E-state index contributed by atoms with van der Waals surface area (Å²) in [5, 5.41) is 14.8. The molecule has 1 heterocycles. The maximum Gasteiger partial charge on any atom is 0.283 e. The molecule has 1 amide bonds. The highest BCUT2D eigenvalue weighted by atomic mass is 35.5. The van der Waals surface area contributed by atoms with Gasteiger partial charge in [-0.1, -0.05) is 35.9 Å². The van der Waals surface area contributed by atoms with E-state index in [2.05, 4.69) is 10.5 Å². The zero-order valence-electron chi connectivity index (χ0n) is 12.2. The number of phenolic OH excluding ortho intramolecular Hbond substituents is 1. The van der Waals surface area contributed by atoms with Crippen LogP contribution in [0.3, 0.4) is 0 Å². The highest BCUT2D eigenvalue weighted by Crippen LogP contribution is 2.35. The number of hydrogen-bond donors (Lipinski definition) is 2. The van der Waals surface area contributed by atoms with Crippen LogP contribution in [0.25, 0.3) is 10.1 Å². The van der Waals surface area contributed by atoms with E-state index in [1.807, 2.05) is 25.1 Å². The summed E-state index contributed by atoms with van der Waals surface area (Å²) >= 11 is 7.61. The summed E-state index contributed by atoms with van der Waals surface area (Å²) in [5.41, 5.74) is 4.07. The van der Waals surface area contributed by atoms with Crippen molar-refractivity contribution in [2.24, 2.45) is 5.10 Å². The third-order valence-electron chi connectivity index (χ3n) is 3.30. The average molecular weight is 345 g/mol. The van der Waals surface area contributed by atoms with Crippen molar-refractivity contribution in [3.05, 3.63) is 63.5 Å². The third kappa shape index (κ3) is 3.21. The Labute approximate surface area is 142 Å². The number of para-hydroxylation sites is 1. The Kier molecular flexibility index (Phi) is 4.32. The maximum absolute atomic E-state index is 12.2. The molecular weight excluding hydrogens is 332 g/mol. The molecule has 3 aromatic rings. The minimum atomic E-state index is -0.375. The van der Waals surface area contributed by atoms with E-state index < -0.39 is 0 Å². The Balaban J connectivity index is 1.81. The molecule has 0 saturated heterocycles. The Morgan fingerprint density at radius 3 is 2.87 bits per heavy atom. The third-order valence-corrected chi connectivity index (χ3v) is 4.95. The lowest BCUT2D eigenvalue weighted by atomic mass is 10.2. The SMILES string of the molecule is Cc1ccc2c(Cl)c(C(=O)NN=Cc3ccccc3O)sc2c1. The predicted octanol–water partition coefficient (Wildman–Crippen LogP) is 4.33. The molecule has 0 unspecified atom stereocenters. The molecule has 2 N–H and O–H groups in total. The number of carbonyl (C=O) groups excluding carboxylic acids is 1. The van der Waals surface area contributed by atoms with Crippen molar-refractivity contribution in [1.82, 2.24) is 5.43 Å². The summed E-state index contributed by atoms with van der Waals surface area (Å²) in [6.45, 7) is 1.99. The molecule has 0 aliphatic heterocycles. The van der Waals surface area contributed by atoms with Crippen molar-refractivity contribution in [3.8, 4) is 5.75 Å². The van der Waals surface area contributed by atoms with Crippen molar-refractivity contribution in [1.29, 1.82) is 0 Å². The molecule has 0 fully saturated rings. The molecule has 0 atom stereocenters. The second kappa shape index (κ2) is 6.40. The fourth-order valence-electron chi connectivity index (χ4n) is 2.13. The van der Waals surface area contributed by atoms with E-state index >= 15 is 0 Å². The normalized spacial score (nSPS) is 11.2. The van der Waals surface area contributed by atoms with Gasteiger partial charge in [0.05, 0.1) is 11.2 Å². The van der Waals surface area contributed by atoms with Gasteiger partial charge in [0.2, 0.25) is 0 Å². The van der Waals surface area contributed by atoms with E-state index in [0.29, 0.717) is 15.5 Å². The van der Waals surface area contributed by atoms with Crippen molar-refractivity contribution >= 4 is 45.1 Å². The second-order valence-corrected chi connectivity index (χ2v) is 6.43. The van der Waals surface area contributed by atoms with Gasteiger partial charge in [0.1, 0.15) is 10.6 Å². The van der Waals surface area contributed by atoms with Crippen molar-refractivity contribution in [3.63, 3.8) is 0 Å². The molecule has 0 bridgehead atoms. The number of rotatable bonds is 3. The summed E-state index contributed by atoms with van der Waals surface area (Å²) in [6.07, 6.45) is 1.39. The van der Waals surface area contributed by atoms with Gasteiger partial charge in [-0.05, 0) is 30.7 Å². The number of halogens is 1. The molecule has 0 saturated carbocycles. The maximum atomic E-state index is 12.2. The summed E-state index contributed by atoms with van der Waals surface area (Å²) in [6, 6.07) is 12.6. The molecule has 2 aromatic carbocycles. The van der Waals surface area contributed by atoms with Gasteiger partial charge in [-0.3, -0.25) is 4.79 Å². The van der Waals surface area contributed by atoms with E-state index in [4.69, 9.17) is 11.6 Å². The number of phenols is 1. The Morgan fingerprint density at radius 1 is 1.30 bits per heavy atom. The largest absolute Gasteiger partial charge is 0.507 e. The molecule has 6 heteroatoms. The zero-order valence-corrected chi connectivity index (χ0v) is 13.8. The van der Waals surface area contributed by atoms with Gasteiger partial charge in [-0.25, -0.2) is 5.43 Å². The van der Waals surface area contributed by atoms with Crippen LogP contribution in [0.4, 0.5) is 0 Å². The summed E-state index contributed by atoms with van der Waals surface area (Å²) in [7, 11) is 0. The first-order chi connectivity index (χ1) is 11.1. The van der Waals surface area contributed by atoms with Crippen molar-refractivity contribution < 1.29 is 9.90 Å². The van der Waals surface area contributed by atoms with Gasteiger partial charge in [0, 0.05) is 15.6 Å². The second-order valence-electron chi connectivity index (χ2n) is 5.00. The van der Waals surface area contributed by atoms with Crippen LogP contribution in [0.2, 0.25) is 5.02 Å². The molecule has 0 aliphatic carbocycles. The van der Waals surface area contributed by atoms with Crippen molar-refractivity contribution in [2.45, 2.75) is 6.92 Å². The number of benzene rings is 2. The van der Waals surface area contributed by atoms with E-state index in [9.17, 15) is 9.90 Å². The topological polar surface area (TPSA) is 61.7 Å². The lowest BCUT2D eigenvalue weighted by Gasteiger charge is -1.99. The molecule has 0 radical (unpaired) electrons.